The molecular weight excluding hydrogens is 283 g/mol. The molecule has 2 unspecified atom stereocenters. The van der Waals surface area contributed by atoms with Crippen LogP contribution in [0.4, 0.5) is 13.2 Å². The highest BCUT2D eigenvalue weighted by molar-refractivity contribution is 7.87. The van der Waals surface area contributed by atoms with Crippen LogP contribution in [0.1, 0.15) is 33.6 Å². The third-order valence-electron chi connectivity index (χ3n) is 2.57. The zero-order valence-corrected chi connectivity index (χ0v) is 12.0. The first-order valence-corrected chi connectivity index (χ1v) is 7.49. The van der Waals surface area contributed by atoms with Crippen molar-refractivity contribution in [2.45, 2.75) is 57.4 Å². The molecule has 0 amide bonds. The molecule has 0 saturated carbocycles. The summed E-state index contributed by atoms with van der Waals surface area (Å²) < 4.78 is 65.4. The van der Waals surface area contributed by atoms with Gasteiger partial charge in [-0.3, -0.25) is 0 Å². The van der Waals surface area contributed by atoms with Gasteiger partial charge in [0.05, 0.1) is 0 Å². The molecule has 1 aliphatic rings. The van der Waals surface area contributed by atoms with Gasteiger partial charge in [0.15, 0.2) is 0 Å². The van der Waals surface area contributed by atoms with Gasteiger partial charge in [0, 0.05) is 18.1 Å². The lowest BCUT2D eigenvalue weighted by Gasteiger charge is -2.32. The van der Waals surface area contributed by atoms with Gasteiger partial charge in [-0.05, 0) is 33.6 Å². The minimum absolute atomic E-state index is 0.0325. The van der Waals surface area contributed by atoms with E-state index in [9.17, 15) is 21.6 Å². The Balaban J connectivity index is 2.50. The highest BCUT2D eigenvalue weighted by atomic mass is 32.2. The van der Waals surface area contributed by atoms with Gasteiger partial charge in [0.1, 0.15) is 6.04 Å². The standard InChI is InChI=1S/C10H20F3N3O2S/c1-9(2,3)16-19(17,18)15-7-4-5-8(14-6-7)10(11,12)13/h7-8,14-16H,4-6H2,1-3H3. The molecule has 1 saturated heterocycles. The van der Waals surface area contributed by atoms with E-state index in [-0.39, 0.29) is 19.4 Å². The van der Waals surface area contributed by atoms with Gasteiger partial charge in [-0.1, -0.05) is 0 Å². The number of piperidine rings is 1. The van der Waals surface area contributed by atoms with E-state index in [4.69, 9.17) is 0 Å². The van der Waals surface area contributed by atoms with Crippen LogP contribution in [0.2, 0.25) is 0 Å². The quantitative estimate of drug-likeness (QED) is 0.725. The van der Waals surface area contributed by atoms with Crippen molar-refractivity contribution in [3.63, 3.8) is 0 Å². The van der Waals surface area contributed by atoms with Crippen molar-refractivity contribution in [3.8, 4) is 0 Å². The van der Waals surface area contributed by atoms with Gasteiger partial charge >= 0.3 is 6.18 Å². The van der Waals surface area contributed by atoms with E-state index in [1.807, 2.05) is 0 Å². The summed E-state index contributed by atoms with van der Waals surface area (Å²) in [6, 6.07) is -2.08. The molecule has 0 aromatic carbocycles. The summed E-state index contributed by atoms with van der Waals surface area (Å²) in [6.07, 6.45) is -4.26. The van der Waals surface area contributed by atoms with Crippen LogP contribution in [0.5, 0.6) is 0 Å². The molecule has 114 valence electrons. The van der Waals surface area contributed by atoms with Crippen LogP contribution in [-0.4, -0.2) is 38.8 Å². The van der Waals surface area contributed by atoms with Crippen molar-refractivity contribution >= 4 is 10.2 Å². The van der Waals surface area contributed by atoms with Gasteiger partial charge in [0.2, 0.25) is 0 Å². The van der Waals surface area contributed by atoms with E-state index in [2.05, 4.69) is 14.8 Å². The zero-order valence-electron chi connectivity index (χ0n) is 11.1. The van der Waals surface area contributed by atoms with Crippen molar-refractivity contribution in [2.24, 2.45) is 0 Å². The summed E-state index contributed by atoms with van der Waals surface area (Å²) in [7, 11) is -3.71. The Morgan fingerprint density at radius 3 is 2.11 bits per heavy atom. The van der Waals surface area contributed by atoms with Crippen molar-refractivity contribution in [2.75, 3.05) is 6.54 Å². The maximum atomic E-state index is 12.4. The SMILES string of the molecule is CC(C)(C)NS(=O)(=O)NC1CCC(C(F)(F)F)NC1. The van der Waals surface area contributed by atoms with Crippen LogP contribution in [0.15, 0.2) is 0 Å². The molecular formula is C10H20F3N3O2S. The van der Waals surface area contributed by atoms with Crippen LogP contribution in [-0.2, 0) is 10.2 Å². The highest BCUT2D eigenvalue weighted by Gasteiger charge is 2.42. The predicted molar refractivity (Wildman–Crippen MR) is 65.8 cm³/mol. The molecule has 5 nitrogen and oxygen atoms in total. The second-order valence-electron chi connectivity index (χ2n) is 5.75. The van der Waals surface area contributed by atoms with E-state index in [0.717, 1.165) is 0 Å². The number of hydrogen-bond acceptors (Lipinski definition) is 3. The van der Waals surface area contributed by atoms with E-state index >= 15 is 0 Å². The van der Waals surface area contributed by atoms with Gasteiger partial charge in [-0.25, -0.2) is 0 Å². The average molecular weight is 303 g/mol. The molecule has 0 aromatic rings. The minimum atomic E-state index is -4.28. The van der Waals surface area contributed by atoms with Crippen molar-refractivity contribution in [1.29, 1.82) is 0 Å². The van der Waals surface area contributed by atoms with Crippen LogP contribution >= 0.6 is 0 Å². The molecule has 0 aromatic heterocycles. The summed E-state index contributed by atoms with van der Waals surface area (Å²) in [6.45, 7) is 5.02. The monoisotopic (exact) mass is 303 g/mol. The minimum Gasteiger partial charge on any atom is -0.305 e. The predicted octanol–water partition coefficient (Wildman–Crippen LogP) is 0.892. The van der Waals surface area contributed by atoms with E-state index < -0.39 is 34.0 Å². The summed E-state index contributed by atoms with van der Waals surface area (Å²) in [5.74, 6) is 0. The molecule has 1 aliphatic heterocycles. The topological polar surface area (TPSA) is 70.2 Å². The van der Waals surface area contributed by atoms with Gasteiger partial charge in [-0.2, -0.15) is 31.0 Å². The normalized spacial score (nSPS) is 26.4. The number of hydrogen-bond donors (Lipinski definition) is 3. The number of alkyl halides is 3. The number of halogens is 3. The van der Waals surface area contributed by atoms with Crippen LogP contribution in [0.3, 0.4) is 0 Å². The first-order chi connectivity index (χ1) is 8.39. The summed E-state index contributed by atoms with van der Waals surface area (Å²) in [4.78, 5) is 0. The second-order valence-corrected chi connectivity index (χ2v) is 7.20. The Hall–Kier alpha value is -0.380. The third-order valence-corrected chi connectivity index (χ3v) is 4.10. The van der Waals surface area contributed by atoms with Crippen molar-refractivity contribution < 1.29 is 21.6 Å². The lowest BCUT2D eigenvalue weighted by Crippen LogP contribution is -2.57. The molecule has 1 heterocycles. The smallest absolute Gasteiger partial charge is 0.305 e. The lowest BCUT2D eigenvalue weighted by molar-refractivity contribution is -0.160. The Labute approximate surface area is 111 Å². The molecule has 19 heavy (non-hydrogen) atoms. The Bertz CT molecular complexity index is 395. The maximum Gasteiger partial charge on any atom is 0.403 e. The molecule has 0 radical (unpaired) electrons. The molecule has 0 aliphatic carbocycles. The van der Waals surface area contributed by atoms with E-state index in [0.29, 0.717) is 0 Å². The van der Waals surface area contributed by atoms with Crippen LogP contribution in [0.25, 0.3) is 0 Å². The van der Waals surface area contributed by atoms with Crippen LogP contribution in [0, 0.1) is 0 Å². The summed E-state index contributed by atoms with van der Waals surface area (Å²) in [5.41, 5.74) is -0.636. The molecule has 9 heteroatoms. The molecule has 0 spiro atoms. The summed E-state index contributed by atoms with van der Waals surface area (Å²) in [5, 5.41) is 2.31. The van der Waals surface area contributed by atoms with Crippen LogP contribution < -0.4 is 14.8 Å². The number of nitrogens with one attached hydrogen (secondary N) is 3. The van der Waals surface area contributed by atoms with Gasteiger partial charge in [0.25, 0.3) is 10.2 Å². The fourth-order valence-corrected chi connectivity index (χ4v) is 3.39. The van der Waals surface area contributed by atoms with Gasteiger partial charge in [-0.15, -0.1) is 0 Å². The molecule has 1 rings (SSSR count). The Morgan fingerprint density at radius 1 is 1.16 bits per heavy atom. The number of rotatable bonds is 3. The highest BCUT2D eigenvalue weighted by Crippen LogP contribution is 2.26. The van der Waals surface area contributed by atoms with E-state index in [1.165, 1.54) is 0 Å². The fourth-order valence-electron chi connectivity index (χ4n) is 1.89. The van der Waals surface area contributed by atoms with Crippen molar-refractivity contribution in [1.82, 2.24) is 14.8 Å². The van der Waals surface area contributed by atoms with Gasteiger partial charge < -0.3 is 5.32 Å². The Morgan fingerprint density at radius 2 is 1.74 bits per heavy atom. The first kappa shape index (κ1) is 16.7. The Kier molecular flexibility index (Phi) is 4.87. The average Bonchev–Trinajstić information content (AvgIpc) is 2.11. The fraction of sp³-hybridized carbons (Fsp3) is 1.00. The molecule has 2 atom stereocenters. The lowest BCUT2D eigenvalue weighted by atomic mass is 10.0. The summed E-state index contributed by atoms with van der Waals surface area (Å²) >= 11 is 0. The second kappa shape index (κ2) is 5.55. The molecule has 1 fully saturated rings. The molecule has 0 bridgehead atoms. The largest absolute Gasteiger partial charge is 0.403 e. The third kappa shape index (κ3) is 6.07. The van der Waals surface area contributed by atoms with Crippen molar-refractivity contribution in [3.05, 3.63) is 0 Å². The van der Waals surface area contributed by atoms with E-state index in [1.54, 1.807) is 20.8 Å². The first-order valence-electron chi connectivity index (χ1n) is 6.00. The molecule has 3 N–H and O–H groups in total. The maximum absolute atomic E-state index is 12.4. The zero-order chi connectivity index (χ0) is 14.9.